The molecular formula is C9H11BrS. The van der Waals surface area contributed by atoms with Crippen molar-refractivity contribution in [3.8, 4) is 0 Å². The molecule has 1 aliphatic rings. The van der Waals surface area contributed by atoms with Gasteiger partial charge in [0.1, 0.15) is 0 Å². The molecule has 11 heavy (non-hydrogen) atoms. The molecule has 0 aliphatic heterocycles. The van der Waals surface area contributed by atoms with Crippen LogP contribution in [0.5, 0.6) is 0 Å². The van der Waals surface area contributed by atoms with Crippen LogP contribution in [0, 0.1) is 0 Å². The summed E-state index contributed by atoms with van der Waals surface area (Å²) in [5, 5.41) is 4.46. The minimum atomic E-state index is 0.771. The van der Waals surface area contributed by atoms with Gasteiger partial charge in [0.25, 0.3) is 0 Å². The molecule has 0 spiro atoms. The molecule has 1 fully saturated rings. The summed E-state index contributed by atoms with van der Waals surface area (Å²) in [4.78, 5) is 0.771. The smallest absolute Gasteiger partial charge is 0.0151 e. The average molecular weight is 231 g/mol. The maximum atomic E-state index is 3.67. The molecule has 1 saturated carbocycles. The Kier molecular flexibility index (Phi) is 2.33. The fraction of sp³-hybridized carbons (Fsp3) is 0.556. The number of rotatable bonds is 1. The van der Waals surface area contributed by atoms with Gasteiger partial charge < -0.3 is 0 Å². The van der Waals surface area contributed by atoms with Crippen LogP contribution in [0.4, 0.5) is 0 Å². The van der Waals surface area contributed by atoms with E-state index in [1.54, 1.807) is 5.56 Å². The molecule has 1 aromatic heterocycles. The standard InChI is InChI=1S/C9H11BrS/c10-9-2-1-7(5-9)8-3-4-11-6-8/h3-4,6-7,9H,1-2,5H2. The molecular weight excluding hydrogens is 220 g/mol. The lowest BCUT2D eigenvalue weighted by atomic mass is 10.0. The summed E-state index contributed by atoms with van der Waals surface area (Å²) in [6.07, 6.45) is 4.05. The summed E-state index contributed by atoms with van der Waals surface area (Å²) in [5.41, 5.74) is 1.55. The molecule has 0 N–H and O–H groups in total. The van der Waals surface area contributed by atoms with E-state index in [4.69, 9.17) is 0 Å². The van der Waals surface area contributed by atoms with E-state index >= 15 is 0 Å². The third-order valence-electron chi connectivity index (χ3n) is 2.38. The largest absolute Gasteiger partial charge is 0.152 e. The van der Waals surface area contributed by atoms with Crippen LogP contribution in [0.2, 0.25) is 0 Å². The molecule has 2 rings (SSSR count). The fourth-order valence-electron chi connectivity index (χ4n) is 1.74. The highest BCUT2D eigenvalue weighted by molar-refractivity contribution is 9.09. The number of thiophene rings is 1. The van der Waals surface area contributed by atoms with E-state index in [0.717, 1.165) is 10.7 Å². The molecule has 2 heteroatoms. The maximum Gasteiger partial charge on any atom is 0.0151 e. The van der Waals surface area contributed by atoms with Gasteiger partial charge in [0.2, 0.25) is 0 Å². The first-order valence-electron chi connectivity index (χ1n) is 4.02. The number of hydrogen-bond donors (Lipinski definition) is 0. The Morgan fingerprint density at radius 1 is 1.45 bits per heavy atom. The van der Waals surface area contributed by atoms with Gasteiger partial charge in [0.05, 0.1) is 0 Å². The lowest BCUT2D eigenvalue weighted by Crippen LogP contribution is -1.91. The van der Waals surface area contributed by atoms with E-state index in [9.17, 15) is 0 Å². The first-order chi connectivity index (χ1) is 5.36. The van der Waals surface area contributed by atoms with Gasteiger partial charge in [-0.2, -0.15) is 11.3 Å². The van der Waals surface area contributed by atoms with Crippen LogP contribution < -0.4 is 0 Å². The second kappa shape index (κ2) is 3.28. The van der Waals surface area contributed by atoms with E-state index in [1.165, 1.54) is 19.3 Å². The van der Waals surface area contributed by atoms with Crippen LogP contribution in [0.15, 0.2) is 16.8 Å². The lowest BCUT2D eigenvalue weighted by molar-refractivity contribution is 0.729. The Hall–Kier alpha value is 0.180. The van der Waals surface area contributed by atoms with Crippen molar-refractivity contribution in [2.45, 2.75) is 30.0 Å². The van der Waals surface area contributed by atoms with E-state index < -0.39 is 0 Å². The Labute approximate surface area is 79.8 Å². The van der Waals surface area contributed by atoms with Crippen LogP contribution in [0.25, 0.3) is 0 Å². The molecule has 0 nitrogen and oxygen atoms in total. The fourth-order valence-corrected chi connectivity index (χ4v) is 3.19. The van der Waals surface area contributed by atoms with Gasteiger partial charge in [-0.1, -0.05) is 15.9 Å². The van der Waals surface area contributed by atoms with E-state index in [1.807, 2.05) is 11.3 Å². The second-order valence-electron chi connectivity index (χ2n) is 3.16. The second-order valence-corrected chi connectivity index (χ2v) is 5.24. The zero-order valence-corrected chi connectivity index (χ0v) is 8.70. The molecule has 0 radical (unpaired) electrons. The predicted molar refractivity (Wildman–Crippen MR) is 53.6 cm³/mol. The van der Waals surface area contributed by atoms with Gasteiger partial charge in [-0.15, -0.1) is 0 Å². The van der Waals surface area contributed by atoms with Gasteiger partial charge in [0.15, 0.2) is 0 Å². The molecule has 1 aliphatic carbocycles. The number of halogens is 1. The summed E-state index contributed by atoms with van der Waals surface area (Å²) >= 11 is 5.48. The first-order valence-corrected chi connectivity index (χ1v) is 5.88. The lowest BCUT2D eigenvalue weighted by Gasteiger charge is -2.04. The summed E-state index contributed by atoms with van der Waals surface area (Å²) in [6.45, 7) is 0. The van der Waals surface area contributed by atoms with E-state index in [0.29, 0.717) is 0 Å². The van der Waals surface area contributed by atoms with Gasteiger partial charge in [-0.3, -0.25) is 0 Å². The summed E-state index contributed by atoms with van der Waals surface area (Å²) in [7, 11) is 0. The summed E-state index contributed by atoms with van der Waals surface area (Å²) < 4.78 is 0. The van der Waals surface area contributed by atoms with Crippen LogP contribution in [-0.4, -0.2) is 4.83 Å². The zero-order chi connectivity index (χ0) is 7.68. The molecule has 1 aromatic rings. The Morgan fingerprint density at radius 2 is 2.36 bits per heavy atom. The minimum absolute atomic E-state index is 0.771. The number of hydrogen-bond acceptors (Lipinski definition) is 1. The van der Waals surface area contributed by atoms with Crippen molar-refractivity contribution >= 4 is 27.3 Å². The highest BCUT2D eigenvalue weighted by atomic mass is 79.9. The topological polar surface area (TPSA) is 0 Å². The highest BCUT2D eigenvalue weighted by Crippen LogP contribution is 2.38. The quantitative estimate of drug-likeness (QED) is 0.645. The Balaban J connectivity index is 2.08. The van der Waals surface area contributed by atoms with Crippen molar-refractivity contribution < 1.29 is 0 Å². The van der Waals surface area contributed by atoms with Crippen molar-refractivity contribution in [2.24, 2.45) is 0 Å². The number of alkyl halides is 1. The SMILES string of the molecule is BrC1CCC(c2ccsc2)C1. The molecule has 0 amide bonds. The maximum absolute atomic E-state index is 3.67. The molecule has 0 bridgehead atoms. The minimum Gasteiger partial charge on any atom is -0.152 e. The molecule has 0 saturated heterocycles. The van der Waals surface area contributed by atoms with Crippen molar-refractivity contribution in [1.29, 1.82) is 0 Å². The summed E-state index contributed by atoms with van der Waals surface area (Å²) in [6, 6.07) is 2.26. The zero-order valence-electron chi connectivity index (χ0n) is 6.29. The first kappa shape index (κ1) is 7.81. The molecule has 2 atom stereocenters. The predicted octanol–water partition coefficient (Wildman–Crippen LogP) is 3.78. The normalized spacial score (nSPS) is 31.0. The molecule has 0 aromatic carbocycles. The van der Waals surface area contributed by atoms with Crippen LogP contribution in [0.1, 0.15) is 30.7 Å². The Morgan fingerprint density at radius 3 is 2.91 bits per heavy atom. The summed E-state index contributed by atoms with van der Waals surface area (Å²) in [5.74, 6) is 0.839. The van der Waals surface area contributed by atoms with Gasteiger partial charge >= 0.3 is 0 Å². The van der Waals surface area contributed by atoms with Crippen LogP contribution in [-0.2, 0) is 0 Å². The average Bonchev–Trinajstić information content (AvgIpc) is 2.55. The highest BCUT2D eigenvalue weighted by Gasteiger charge is 2.23. The molecule has 1 heterocycles. The Bertz CT molecular complexity index is 217. The molecule has 2 unspecified atom stereocenters. The monoisotopic (exact) mass is 230 g/mol. The van der Waals surface area contributed by atoms with E-state index in [2.05, 4.69) is 32.8 Å². The van der Waals surface area contributed by atoms with Crippen molar-refractivity contribution in [3.63, 3.8) is 0 Å². The third-order valence-corrected chi connectivity index (χ3v) is 3.92. The molecule has 60 valence electrons. The van der Waals surface area contributed by atoms with Gasteiger partial charge in [0, 0.05) is 4.83 Å². The van der Waals surface area contributed by atoms with E-state index in [-0.39, 0.29) is 0 Å². The van der Waals surface area contributed by atoms with Crippen LogP contribution in [0.3, 0.4) is 0 Å². The van der Waals surface area contributed by atoms with Crippen molar-refractivity contribution in [2.75, 3.05) is 0 Å². The third kappa shape index (κ3) is 1.67. The van der Waals surface area contributed by atoms with Gasteiger partial charge in [-0.25, -0.2) is 0 Å². The van der Waals surface area contributed by atoms with Crippen molar-refractivity contribution in [1.82, 2.24) is 0 Å². The van der Waals surface area contributed by atoms with Crippen LogP contribution >= 0.6 is 27.3 Å². The van der Waals surface area contributed by atoms with Gasteiger partial charge in [-0.05, 0) is 47.6 Å². The van der Waals surface area contributed by atoms with Crippen molar-refractivity contribution in [3.05, 3.63) is 22.4 Å².